The topological polar surface area (TPSA) is 96.5 Å². The smallest absolute Gasteiger partial charge is 0.234 e. The molecule has 2 heterocycles. The Morgan fingerprint density at radius 1 is 1.13 bits per heavy atom. The Morgan fingerprint density at radius 3 is 2.77 bits per heavy atom. The van der Waals surface area contributed by atoms with E-state index in [0.29, 0.717) is 22.2 Å². The minimum absolute atomic E-state index is 0.147. The van der Waals surface area contributed by atoms with Crippen molar-refractivity contribution in [3.63, 3.8) is 0 Å². The highest BCUT2D eigenvalue weighted by Gasteiger charge is 2.18. The summed E-state index contributed by atoms with van der Waals surface area (Å²) < 4.78 is 1.95. The summed E-state index contributed by atoms with van der Waals surface area (Å²) in [4.78, 5) is 16.7. The average molecular weight is 427 g/mol. The molecule has 2 aromatic heterocycles. The van der Waals surface area contributed by atoms with Crippen LogP contribution in [0.1, 0.15) is 11.1 Å². The average Bonchev–Trinajstić information content (AvgIpc) is 3.22. The lowest BCUT2D eigenvalue weighted by Crippen LogP contribution is -2.14. The van der Waals surface area contributed by atoms with E-state index in [-0.39, 0.29) is 11.7 Å². The monoisotopic (exact) mass is 426 g/mol. The number of aromatic nitrogens is 4. The van der Waals surface area contributed by atoms with Gasteiger partial charge in [-0.3, -0.25) is 14.3 Å². The summed E-state index contributed by atoms with van der Waals surface area (Å²) in [5.74, 6) is 0.614. The van der Waals surface area contributed by atoms with E-state index in [1.807, 2.05) is 47.9 Å². The molecule has 0 aliphatic heterocycles. The maximum Gasteiger partial charge on any atom is 0.234 e. The number of rotatable bonds is 6. The normalized spacial score (nSPS) is 10.5. The number of carbonyl (C=O) groups excluding carboxylic acids is 1. The number of thioether (sulfide) groups is 1. The third kappa shape index (κ3) is 4.63. The fraction of sp³-hybridized carbons (Fsp3) is 0.0870. The molecular weight excluding hydrogens is 408 g/mol. The maximum absolute atomic E-state index is 12.5. The molecular formula is C23H18N6OS. The zero-order valence-electron chi connectivity index (χ0n) is 16.7. The summed E-state index contributed by atoms with van der Waals surface area (Å²) in [5.41, 5.74) is 3.91. The second kappa shape index (κ2) is 9.24. The molecule has 0 saturated carbocycles. The van der Waals surface area contributed by atoms with Gasteiger partial charge in [0.2, 0.25) is 5.91 Å². The molecule has 4 aromatic rings. The van der Waals surface area contributed by atoms with Gasteiger partial charge in [0.05, 0.1) is 23.1 Å². The molecule has 1 N–H and O–H groups in total. The van der Waals surface area contributed by atoms with E-state index in [0.717, 1.165) is 16.8 Å². The molecule has 0 aliphatic carbocycles. The van der Waals surface area contributed by atoms with E-state index < -0.39 is 0 Å². The summed E-state index contributed by atoms with van der Waals surface area (Å²) in [6.45, 7) is 2.02. The number of anilines is 1. The molecule has 0 atom stereocenters. The van der Waals surface area contributed by atoms with Gasteiger partial charge in [-0.2, -0.15) is 5.26 Å². The summed E-state index contributed by atoms with van der Waals surface area (Å²) in [5, 5.41) is 21.2. The van der Waals surface area contributed by atoms with Gasteiger partial charge < -0.3 is 5.32 Å². The number of hydrogen-bond acceptors (Lipinski definition) is 6. The van der Waals surface area contributed by atoms with Crippen molar-refractivity contribution < 1.29 is 4.79 Å². The lowest BCUT2D eigenvalue weighted by Gasteiger charge is -2.12. The van der Waals surface area contributed by atoms with Crippen LogP contribution in [0, 0.1) is 18.3 Å². The molecule has 0 bridgehead atoms. The van der Waals surface area contributed by atoms with Crippen LogP contribution in [0.4, 0.5) is 5.69 Å². The predicted octanol–water partition coefficient (Wildman–Crippen LogP) is 4.24. The Labute approximate surface area is 183 Å². The molecule has 0 radical (unpaired) electrons. The van der Waals surface area contributed by atoms with E-state index in [1.54, 1.807) is 36.7 Å². The van der Waals surface area contributed by atoms with Crippen LogP contribution in [0.2, 0.25) is 0 Å². The number of benzene rings is 2. The summed E-state index contributed by atoms with van der Waals surface area (Å²) in [6.07, 6.45) is 3.45. The first-order chi connectivity index (χ1) is 15.2. The largest absolute Gasteiger partial charge is 0.325 e. The van der Waals surface area contributed by atoms with Gasteiger partial charge >= 0.3 is 0 Å². The number of pyridine rings is 1. The molecule has 0 aliphatic rings. The highest BCUT2D eigenvalue weighted by Crippen LogP contribution is 2.29. The summed E-state index contributed by atoms with van der Waals surface area (Å²) >= 11 is 1.30. The molecule has 0 saturated heterocycles. The Hall–Kier alpha value is -3.96. The van der Waals surface area contributed by atoms with Crippen LogP contribution < -0.4 is 5.32 Å². The van der Waals surface area contributed by atoms with Crippen molar-refractivity contribution in [3.05, 3.63) is 84.2 Å². The number of nitrogens with zero attached hydrogens (tertiary/aromatic N) is 5. The van der Waals surface area contributed by atoms with Gasteiger partial charge in [0.25, 0.3) is 0 Å². The molecule has 4 rings (SSSR count). The number of para-hydroxylation sites is 1. The highest BCUT2D eigenvalue weighted by molar-refractivity contribution is 7.99. The van der Waals surface area contributed by atoms with Crippen molar-refractivity contribution >= 4 is 23.4 Å². The second-order valence-corrected chi connectivity index (χ2v) is 7.64. The van der Waals surface area contributed by atoms with Crippen molar-refractivity contribution in [2.45, 2.75) is 12.1 Å². The minimum atomic E-state index is -0.192. The van der Waals surface area contributed by atoms with Crippen LogP contribution in [-0.4, -0.2) is 31.4 Å². The van der Waals surface area contributed by atoms with Crippen molar-refractivity contribution in [2.24, 2.45) is 0 Å². The molecule has 31 heavy (non-hydrogen) atoms. The van der Waals surface area contributed by atoms with Gasteiger partial charge in [-0.1, -0.05) is 36.0 Å². The van der Waals surface area contributed by atoms with E-state index in [9.17, 15) is 4.79 Å². The number of nitriles is 1. The summed E-state index contributed by atoms with van der Waals surface area (Å²) in [6, 6.07) is 20.6. The Bertz CT molecular complexity index is 1260. The third-order valence-corrected chi connectivity index (χ3v) is 5.45. The Balaban J connectivity index is 1.60. The molecule has 0 spiro atoms. The first kappa shape index (κ1) is 20.3. The SMILES string of the molecule is Cc1ccccc1-n1c(SCC(=O)Nc2cccc(C#N)c2)nnc1-c1cccnc1. The van der Waals surface area contributed by atoms with Crippen molar-refractivity contribution in [1.29, 1.82) is 5.26 Å². The van der Waals surface area contributed by atoms with Crippen molar-refractivity contribution in [1.82, 2.24) is 19.7 Å². The van der Waals surface area contributed by atoms with Gasteiger partial charge in [-0.25, -0.2) is 0 Å². The molecule has 2 aromatic carbocycles. The molecule has 0 fully saturated rings. The minimum Gasteiger partial charge on any atom is -0.325 e. The van der Waals surface area contributed by atoms with E-state index in [2.05, 4.69) is 26.6 Å². The predicted molar refractivity (Wildman–Crippen MR) is 120 cm³/mol. The van der Waals surface area contributed by atoms with Crippen LogP contribution in [0.5, 0.6) is 0 Å². The standard InChI is InChI=1S/C23H18N6OS/c1-16-6-2-3-10-20(16)29-22(18-8-5-11-25-14-18)27-28-23(29)31-15-21(30)26-19-9-4-7-17(12-19)13-24/h2-12,14H,15H2,1H3,(H,26,30). The highest BCUT2D eigenvalue weighted by atomic mass is 32.2. The van der Waals surface area contributed by atoms with Crippen LogP contribution in [0.25, 0.3) is 17.1 Å². The Morgan fingerprint density at radius 2 is 2.00 bits per heavy atom. The summed E-state index contributed by atoms with van der Waals surface area (Å²) in [7, 11) is 0. The maximum atomic E-state index is 12.5. The number of aryl methyl sites for hydroxylation is 1. The fourth-order valence-electron chi connectivity index (χ4n) is 3.07. The third-order valence-electron chi connectivity index (χ3n) is 4.52. The van der Waals surface area contributed by atoms with E-state index in [4.69, 9.17) is 5.26 Å². The van der Waals surface area contributed by atoms with Crippen LogP contribution >= 0.6 is 11.8 Å². The molecule has 0 unspecified atom stereocenters. The first-order valence-electron chi connectivity index (χ1n) is 9.50. The second-order valence-electron chi connectivity index (χ2n) is 6.70. The Kier molecular flexibility index (Phi) is 6.05. The molecule has 8 heteroatoms. The van der Waals surface area contributed by atoms with Crippen molar-refractivity contribution in [2.75, 3.05) is 11.1 Å². The van der Waals surface area contributed by atoms with Gasteiger partial charge in [-0.05, 0) is 48.9 Å². The number of hydrogen-bond donors (Lipinski definition) is 1. The van der Waals surface area contributed by atoms with Crippen LogP contribution in [-0.2, 0) is 4.79 Å². The first-order valence-corrected chi connectivity index (χ1v) is 10.5. The van der Waals surface area contributed by atoms with Gasteiger partial charge in [0, 0.05) is 23.6 Å². The zero-order valence-corrected chi connectivity index (χ0v) is 17.5. The number of amides is 1. The van der Waals surface area contributed by atoms with Crippen LogP contribution in [0.15, 0.2) is 78.2 Å². The zero-order chi connectivity index (χ0) is 21.6. The lowest BCUT2D eigenvalue weighted by molar-refractivity contribution is -0.113. The van der Waals surface area contributed by atoms with Crippen molar-refractivity contribution in [3.8, 4) is 23.1 Å². The van der Waals surface area contributed by atoms with Gasteiger partial charge in [0.15, 0.2) is 11.0 Å². The lowest BCUT2D eigenvalue weighted by atomic mass is 10.2. The molecule has 7 nitrogen and oxygen atoms in total. The van der Waals surface area contributed by atoms with E-state index >= 15 is 0 Å². The number of carbonyl (C=O) groups is 1. The van der Waals surface area contributed by atoms with Gasteiger partial charge in [0.1, 0.15) is 0 Å². The number of nitrogens with one attached hydrogen (secondary N) is 1. The van der Waals surface area contributed by atoms with E-state index in [1.165, 1.54) is 11.8 Å². The molecule has 1 amide bonds. The quantitative estimate of drug-likeness (QED) is 0.463. The van der Waals surface area contributed by atoms with Gasteiger partial charge in [-0.15, -0.1) is 10.2 Å². The van der Waals surface area contributed by atoms with Crippen LogP contribution in [0.3, 0.4) is 0 Å². The fourth-order valence-corrected chi connectivity index (χ4v) is 3.82. The molecule has 152 valence electrons.